The van der Waals surface area contributed by atoms with E-state index in [1.54, 1.807) is 0 Å². The number of anilines is 2. The van der Waals surface area contributed by atoms with Gasteiger partial charge in [0.1, 0.15) is 0 Å². The van der Waals surface area contributed by atoms with Crippen molar-refractivity contribution in [2.75, 3.05) is 10.6 Å². The van der Waals surface area contributed by atoms with Gasteiger partial charge in [-0.05, 0) is 64.8 Å². The number of amidine groups is 2. The molecule has 2 unspecified atom stereocenters. The average Bonchev–Trinajstić information content (AvgIpc) is 2.70. The van der Waals surface area contributed by atoms with E-state index in [4.69, 9.17) is 9.98 Å². The first-order valence-corrected chi connectivity index (χ1v) is 10.2. The third kappa shape index (κ3) is 6.84. The van der Waals surface area contributed by atoms with Gasteiger partial charge in [0.05, 0.1) is 0 Å². The van der Waals surface area contributed by atoms with Crippen molar-refractivity contribution in [3.63, 3.8) is 0 Å². The number of hydrogen-bond acceptors (Lipinski definition) is 2. The summed E-state index contributed by atoms with van der Waals surface area (Å²) in [4.78, 5) is 9.85. The Morgan fingerprint density at radius 1 is 0.679 bits per heavy atom. The van der Waals surface area contributed by atoms with E-state index in [2.05, 4.69) is 101 Å². The molecule has 0 radical (unpaired) electrons. The highest BCUT2D eigenvalue weighted by atomic mass is 15.1. The molecule has 0 bridgehead atoms. The minimum Gasteiger partial charge on any atom is -0.337 e. The van der Waals surface area contributed by atoms with E-state index >= 15 is 0 Å². The number of hydrogen-bond donors (Lipinski definition) is 2. The van der Waals surface area contributed by atoms with E-state index in [1.165, 1.54) is 11.1 Å². The Morgan fingerprint density at radius 2 is 1.00 bits per heavy atom. The summed E-state index contributed by atoms with van der Waals surface area (Å²) in [6.07, 6.45) is 1.94. The van der Waals surface area contributed by atoms with Crippen LogP contribution in [-0.2, 0) is 0 Å². The molecule has 0 fully saturated rings. The second kappa shape index (κ2) is 10.6. The van der Waals surface area contributed by atoms with Gasteiger partial charge in [0.15, 0.2) is 11.7 Å². The number of rotatable bonds is 6. The van der Waals surface area contributed by atoms with Crippen LogP contribution in [0.25, 0.3) is 0 Å². The van der Waals surface area contributed by atoms with Gasteiger partial charge in [-0.2, -0.15) is 0 Å². The van der Waals surface area contributed by atoms with Gasteiger partial charge in [0.2, 0.25) is 0 Å². The zero-order valence-corrected chi connectivity index (χ0v) is 18.1. The Hall–Kier alpha value is -2.62. The SMILES string of the molecule is CCC(C)N=C(Nc1ccc(C)cc1)C(=NC(C)CC)Nc1ccc(C)cc1. The monoisotopic (exact) mass is 378 g/mol. The molecule has 4 heteroatoms. The minimum atomic E-state index is 0.204. The Bertz CT molecular complexity index is 719. The van der Waals surface area contributed by atoms with E-state index in [-0.39, 0.29) is 12.1 Å². The normalized spacial score (nSPS) is 14.5. The van der Waals surface area contributed by atoms with Gasteiger partial charge in [-0.25, -0.2) is 0 Å². The summed E-state index contributed by atoms with van der Waals surface area (Å²) in [5.41, 5.74) is 4.49. The smallest absolute Gasteiger partial charge is 0.169 e. The molecule has 2 aromatic carbocycles. The molecule has 0 heterocycles. The lowest BCUT2D eigenvalue weighted by Gasteiger charge is -2.18. The first-order valence-electron chi connectivity index (χ1n) is 10.2. The zero-order chi connectivity index (χ0) is 20.5. The Labute approximate surface area is 170 Å². The van der Waals surface area contributed by atoms with Crippen molar-refractivity contribution in [3.05, 3.63) is 59.7 Å². The molecule has 2 rings (SSSR count). The number of aryl methyl sites for hydroxylation is 2. The first kappa shape index (κ1) is 21.7. The molecule has 0 aromatic heterocycles. The molecule has 0 saturated carbocycles. The predicted molar refractivity (Wildman–Crippen MR) is 124 cm³/mol. The van der Waals surface area contributed by atoms with Crippen LogP contribution in [0.1, 0.15) is 51.7 Å². The molecular formula is C24H34N4. The van der Waals surface area contributed by atoms with Gasteiger partial charge >= 0.3 is 0 Å². The van der Waals surface area contributed by atoms with Crippen LogP contribution in [0.5, 0.6) is 0 Å². The van der Waals surface area contributed by atoms with Crippen LogP contribution in [0.2, 0.25) is 0 Å². The highest BCUT2D eigenvalue weighted by Gasteiger charge is 2.14. The summed E-state index contributed by atoms with van der Waals surface area (Å²) >= 11 is 0. The van der Waals surface area contributed by atoms with Crippen LogP contribution in [0, 0.1) is 13.8 Å². The molecule has 2 N–H and O–H groups in total. The molecule has 0 aliphatic carbocycles. The minimum absolute atomic E-state index is 0.204. The molecule has 4 nitrogen and oxygen atoms in total. The highest BCUT2D eigenvalue weighted by Crippen LogP contribution is 2.14. The van der Waals surface area contributed by atoms with Crippen LogP contribution in [0.4, 0.5) is 11.4 Å². The Balaban J connectivity index is 2.40. The Kier molecular flexibility index (Phi) is 8.24. The number of nitrogens with zero attached hydrogens (tertiary/aromatic N) is 2. The van der Waals surface area contributed by atoms with Gasteiger partial charge in [-0.3, -0.25) is 9.98 Å². The van der Waals surface area contributed by atoms with E-state index in [0.717, 1.165) is 35.9 Å². The third-order valence-corrected chi connectivity index (χ3v) is 4.73. The van der Waals surface area contributed by atoms with Gasteiger partial charge in [0, 0.05) is 23.5 Å². The maximum absolute atomic E-state index is 4.93. The molecule has 0 saturated heterocycles. The van der Waals surface area contributed by atoms with Gasteiger partial charge < -0.3 is 10.6 Å². The lowest BCUT2D eigenvalue weighted by molar-refractivity contribution is 0.712. The largest absolute Gasteiger partial charge is 0.337 e. The quantitative estimate of drug-likeness (QED) is 0.463. The van der Waals surface area contributed by atoms with Crippen molar-refractivity contribution in [1.82, 2.24) is 0 Å². The summed E-state index contributed by atoms with van der Waals surface area (Å²) in [5.74, 6) is 1.55. The molecule has 2 atom stereocenters. The zero-order valence-electron chi connectivity index (χ0n) is 18.1. The number of nitrogens with one attached hydrogen (secondary N) is 2. The van der Waals surface area contributed by atoms with Crippen LogP contribution in [0.15, 0.2) is 58.5 Å². The topological polar surface area (TPSA) is 48.8 Å². The average molecular weight is 379 g/mol. The maximum atomic E-state index is 4.93. The summed E-state index contributed by atoms with van der Waals surface area (Å²) < 4.78 is 0. The van der Waals surface area contributed by atoms with E-state index in [0.29, 0.717) is 0 Å². The van der Waals surface area contributed by atoms with Gasteiger partial charge in [-0.1, -0.05) is 49.2 Å². The van der Waals surface area contributed by atoms with Crippen LogP contribution in [-0.4, -0.2) is 23.8 Å². The summed E-state index contributed by atoms with van der Waals surface area (Å²) in [6, 6.07) is 17.1. The van der Waals surface area contributed by atoms with E-state index in [1.807, 2.05) is 0 Å². The molecule has 28 heavy (non-hydrogen) atoms. The van der Waals surface area contributed by atoms with Crippen molar-refractivity contribution in [2.45, 2.75) is 66.5 Å². The van der Waals surface area contributed by atoms with E-state index in [9.17, 15) is 0 Å². The lowest BCUT2D eigenvalue weighted by Crippen LogP contribution is -2.32. The number of benzene rings is 2. The molecule has 0 aliphatic rings. The number of aliphatic imine (C=N–C) groups is 2. The molecular weight excluding hydrogens is 344 g/mol. The van der Waals surface area contributed by atoms with Crippen LogP contribution < -0.4 is 10.6 Å². The summed E-state index contributed by atoms with van der Waals surface area (Å²) in [5, 5.41) is 6.98. The fourth-order valence-electron chi connectivity index (χ4n) is 2.48. The Morgan fingerprint density at radius 3 is 1.29 bits per heavy atom. The van der Waals surface area contributed by atoms with Crippen molar-refractivity contribution in [3.8, 4) is 0 Å². The third-order valence-electron chi connectivity index (χ3n) is 4.73. The van der Waals surface area contributed by atoms with Crippen molar-refractivity contribution in [1.29, 1.82) is 0 Å². The molecule has 0 aliphatic heterocycles. The van der Waals surface area contributed by atoms with Crippen molar-refractivity contribution < 1.29 is 0 Å². The fourth-order valence-corrected chi connectivity index (χ4v) is 2.48. The van der Waals surface area contributed by atoms with Crippen LogP contribution in [0.3, 0.4) is 0 Å². The fraction of sp³-hybridized carbons (Fsp3) is 0.417. The molecule has 2 aromatic rings. The van der Waals surface area contributed by atoms with Gasteiger partial charge in [-0.15, -0.1) is 0 Å². The summed E-state index contributed by atoms with van der Waals surface area (Å²) in [7, 11) is 0. The first-order chi connectivity index (χ1) is 13.4. The predicted octanol–water partition coefficient (Wildman–Crippen LogP) is 6.22. The molecule has 0 spiro atoms. The highest BCUT2D eigenvalue weighted by molar-refractivity contribution is 6.48. The van der Waals surface area contributed by atoms with Crippen LogP contribution >= 0.6 is 0 Å². The van der Waals surface area contributed by atoms with Crippen molar-refractivity contribution in [2.24, 2.45) is 9.98 Å². The molecule has 150 valence electrons. The van der Waals surface area contributed by atoms with Crippen molar-refractivity contribution >= 4 is 23.0 Å². The maximum Gasteiger partial charge on any atom is 0.169 e. The second-order valence-electron chi connectivity index (χ2n) is 7.45. The lowest BCUT2D eigenvalue weighted by atomic mass is 10.2. The van der Waals surface area contributed by atoms with Gasteiger partial charge in [0.25, 0.3) is 0 Å². The summed E-state index contributed by atoms with van der Waals surface area (Å²) in [6.45, 7) is 12.7. The second-order valence-corrected chi connectivity index (χ2v) is 7.45. The standard InChI is InChI=1S/C24H34N4/c1-7-19(5)25-23(27-21-13-9-17(3)10-14-21)24(26-20(6)8-2)28-22-15-11-18(4)12-16-22/h9-16,19-20H,7-8H2,1-6H3,(H,25,27)(H,26,28). The van der Waals surface area contributed by atoms with E-state index < -0.39 is 0 Å². The molecule has 0 amide bonds.